The van der Waals surface area contributed by atoms with E-state index >= 15 is 0 Å². The van der Waals surface area contributed by atoms with E-state index in [4.69, 9.17) is 10.3 Å². The number of carbonyl (C=O) groups is 1. The number of methoxy groups -OCH3 is 1. The summed E-state index contributed by atoms with van der Waals surface area (Å²) in [6.45, 7) is 4.64. The Morgan fingerprint density at radius 3 is 2.80 bits per heavy atom. The molecule has 0 aromatic rings. The SMILES string of the molecule is COC(C)(C)CC(=O)NCCCN=[N+]=[N-]. The molecule has 1 N–H and O–H groups in total. The van der Waals surface area contributed by atoms with Gasteiger partial charge in [0.2, 0.25) is 5.91 Å². The molecule has 0 aliphatic rings. The Kier molecular flexibility index (Phi) is 6.49. The van der Waals surface area contributed by atoms with Gasteiger partial charge in [-0.1, -0.05) is 5.11 Å². The molecule has 6 nitrogen and oxygen atoms in total. The van der Waals surface area contributed by atoms with Crippen molar-refractivity contribution >= 4 is 5.91 Å². The fourth-order valence-electron chi connectivity index (χ4n) is 0.944. The molecule has 0 saturated heterocycles. The molecule has 0 aliphatic carbocycles. The van der Waals surface area contributed by atoms with Crippen LogP contribution < -0.4 is 5.32 Å². The Morgan fingerprint density at radius 1 is 1.60 bits per heavy atom. The maximum atomic E-state index is 11.4. The van der Waals surface area contributed by atoms with Gasteiger partial charge in [-0.15, -0.1) is 0 Å². The van der Waals surface area contributed by atoms with E-state index in [-0.39, 0.29) is 5.91 Å². The summed E-state index contributed by atoms with van der Waals surface area (Å²) in [7, 11) is 1.58. The zero-order valence-corrected chi connectivity index (χ0v) is 9.49. The highest BCUT2D eigenvalue weighted by Crippen LogP contribution is 2.11. The highest BCUT2D eigenvalue weighted by Gasteiger charge is 2.20. The van der Waals surface area contributed by atoms with Crippen molar-refractivity contribution < 1.29 is 9.53 Å². The Hall–Kier alpha value is -1.26. The summed E-state index contributed by atoms with van der Waals surface area (Å²) < 4.78 is 5.13. The molecule has 0 spiro atoms. The average molecular weight is 214 g/mol. The van der Waals surface area contributed by atoms with Gasteiger partial charge in [0.25, 0.3) is 0 Å². The molecule has 0 saturated carbocycles. The first-order chi connectivity index (χ1) is 7.02. The Labute approximate surface area is 89.6 Å². The van der Waals surface area contributed by atoms with E-state index in [1.54, 1.807) is 7.11 Å². The molecular formula is C9H18N4O2. The summed E-state index contributed by atoms with van der Waals surface area (Å²) in [6.07, 6.45) is 0.980. The van der Waals surface area contributed by atoms with Gasteiger partial charge in [-0.05, 0) is 25.8 Å². The van der Waals surface area contributed by atoms with Gasteiger partial charge in [0.1, 0.15) is 0 Å². The van der Waals surface area contributed by atoms with Crippen molar-refractivity contribution in [1.29, 1.82) is 0 Å². The Balaban J connectivity index is 3.62. The molecule has 15 heavy (non-hydrogen) atoms. The lowest BCUT2D eigenvalue weighted by Crippen LogP contribution is -2.34. The van der Waals surface area contributed by atoms with Crippen molar-refractivity contribution in [3.8, 4) is 0 Å². The molecule has 0 radical (unpaired) electrons. The van der Waals surface area contributed by atoms with Crippen LogP contribution in [0.25, 0.3) is 10.4 Å². The number of hydrogen-bond donors (Lipinski definition) is 1. The third-order valence-corrected chi connectivity index (χ3v) is 1.96. The summed E-state index contributed by atoms with van der Waals surface area (Å²) >= 11 is 0. The molecule has 0 unspecified atom stereocenters. The van der Waals surface area contributed by atoms with E-state index in [0.717, 1.165) is 0 Å². The van der Waals surface area contributed by atoms with Crippen LogP contribution >= 0.6 is 0 Å². The van der Waals surface area contributed by atoms with E-state index in [1.165, 1.54) is 0 Å². The molecule has 0 bridgehead atoms. The minimum atomic E-state index is -0.436. The molecule has 0 aliphatic heterocycles. The predicted molar refractivity (Wildman–Crippen MR) is 57.3 cm³/mol. The van der Waals surface area contributed by atoms with Gasteiger partial charge in [0.15, 0.2) is 0 Å². The van der Waals surface area contributed by atoms with Crippen LogP contribution in [0.3, 0.4) is 0 Å². The predicted octanol–water partition coefficient (Wildman–Crippen LogP) is 1.62. The van der Waals surface area contributed by atoms with Gasteiger partial charge >= 0.3 is 0 Å². The summed E-state index contributed by atoms with van der Waals surface area (Å²) in [4.78, 5) is 14.0. The number of nitrogens with one attached hydrogen (secondary N) is 1. The number of nitrogens with zero attached hydrogens (tertiary/aromatic N) is 3. The summed E-state index contributed by atoms with van der Waals surface area (Å²) in [5.74, 6) is -0.0530. The van der Waals surface area contributed by atoms with E-state index in [2.05, 4.69) is 15.3 Å². The van der Waals surface area contributed by atoms with Crippen LogP contribution in [0.4, 0.5) is 0 Å². The Morgan fingerprint density at radius 2 is 2.27 bits per heavy atom. The minimum Gasteiger partial charge on any atom is -0.378 e. The van der Waals surface area contributed by atoms with Crippen molar-refractivity contribution in [3.05, 3.63) is 10.4 Å². The zero-order chi connectivity index (χ0) is 11.7. The molecule has 0 rings (SSSR count). The molecule has 0 aromatic carbocycles. The van der Waals surface area contributed by atoms with Gasteiger partial charge in [-0.25, -0.2) is 0 Å². The minimum absolute atomic E-state index is 0.0530. The summed E-state index contributed by atoms with van der Waals surface area (Å²) in [5.41, 5.74) is 7.58. The largest absolute Gasteiger partial charge is 0.378 e. The first-order valence-corrected chi connectivity index (χ1v) is 4.84. The van der Waals surface area contributed by atoms with Crippen LogP contribution in [-0.4, -0.2) is 31.7 Å². The monoisotopic (exact) mass is 214 g/mol. The second-order valence-electron chi connectivity index (χ2n) is 3.80. The second-order valence-corrected chi connectivity index (χ2v) is 3.80. The number of azide groups is 1. The molecule has 0 heterocycles. The number of carbonyl (C=O) groups excluding carboxylic acids is 1. The zero-order valence-electron chi connectivity index (χ0n) is 9.49. The molecule has 86 valence electrons. The molecule has 1 amide bonds. The highest BCUT2D eigenvalue weighted by atomic mass is 16.5. The molecule has 0 fully saturated rings. The second kappa shape index (κ2) is 7.09. The normalized spacial score (nSPS) is 10.6. The van der Waals surface area contributed by atoms with Gasteiger partial charge in [-0.3, -0.25) is 4.79 Å². The van der Waals surface area contributed by atoms with Crippen LogP contribution in [0, 0.1) is 0 Å². The Bertz CT molecular complexity index is 246. The first-order valence-electron chi connectivity index (χ1n) is 4.84. The van der Waals surface area contributed by atoms with E-state index < -0.39 is 5.60 Å². The van der Waals surface area contributed by atoms with E-state index in [9.17, 15) is 4.79 Å². The first kappa shape index (κ1) is 13.7. The number of ether oxygens (including phenoxy) is 1. The smallest absolute Gasteiger partial charge is 0.222 e. The van der Waals surface area contributed by atoms with Crippen molar-refractivity contribution in [2.45, 2.75) is 32.3 Å². The summed E-state index contributed by atoms with van der Waals surface area (Å²) in [5, 5.41) is 6.09. The lowest BCUT2D eigenvalue weighted by Gasteiger charge is -2.21. The van der Waals surface area contributed by atoms with E-state index in [1.807, 2.05) is 13.8 Å². The quantitative estimate of drug-likeness (QED) is 0.302. The molecule has 0 aromatic heterocycles. The maximum Gasteiger partial charge on any atom is 0.222 e. The fraction of sp³-hybridized carbons (Fsp3) is 0.889. The third kappa shape index (κ3) is 7.78. The van der Waals surface area contributed by atoms with Crippen molar-refractivity contribution in [3.63, 3.8) is 0 Å². The van der Waals surface area contributed by atoms with Crippen LogP contribution in [0.1, 0.15) is 26.7 Å². The van der Waals surface area contributed by atoms with Gasteiger partial charge in [0, 0.05) is 25.1 Å². The van der Waals surface area contributed by atoms with Crippen LogP contribution in [-0.2, 0) is 9.53 Å². The molecule has 6 heteroatoms. The van der Waals surface area contributed by atoms with Crippen molar-refractivity contribution in [1.82, 2.24) is 5.32 Å². The average Bonchev–Trinajstić information content (AvgIpc) is 2.17. The lowest BCUT2D eigenvalue weighted by molar-refractivity contribution is -0.126. The standard InChI is InChI=1S/C9H18N4O2/c1-9(2,15-3)7-8(14)11-5-4-6-12-13-10/h4-7H2,1-3H3,(H,11,14). The molecule has 0 atom stereocenters. The summed E-state index contributed by atoms with van der Waals surface area (Å²) in [6, 6.07) is 0. The number of hydrogen-bond acceptors (Lipinski definition) is 3. The van der Waals surface area contributed by atoms with Gasteiger partial charge < -0.3 is 10.1 Å². The number of rotatable bonds is 7. The van der Waals surface area contributed by atoms with Crippen LogP contribution in [0.15, 0.2) is 5.11 Å². The van der Waals surface area contributed by atoms with Gasteiger partial charge in [-0.2, -0.15) is 0 Å². The maximum absolute atomic E-state index is 11.4. The topological polar surface area (TPSA) is 87.1 Å². The van der Waals surface area contributed by atoms with E-state index in [0.29, 0.717) is 25.9 Å². The molecular weight excluding hydrogens is 196 g/mol. The van der Waals surface area contributed by atoms with Crippen LogP contribution in [0.5, 0.6) is 0 Å². The van der Waals surface area contributed by atoms with Crippen molar-refractivity contribution in [2.24, 2.45) is 5.11 Å². The van der Waals surface area contributed by atoms with Gasteiger partial charge in [0.05, 0.1) is 12.0 Å². The third-order valence-electron chi connectivity index (χ3n) is 1.96. The number of amides is 1. The van der Waals surface area contributed by atoms with Crippen LogP contribution in [0.2, 0.25) is 0 Å². The highest BCUT2D eigenvalue weighted by molar-refractivity contribution is 5.76. The fourth-order valence-corrected chi connectivity index (χ4v) is 0.944. The van der Waals surface area contributed by atoms with Crippen molar-refractivity contribution in [2.75, 3.05) is 20.2 Å². The lowest BCUT2D eigenvalue weighted by atomic mass is 10.1.